The first kappa shape index (κ1) is 8.72. The molecule has 0 saturated heterocycles. The van der Waals surface area contributed by atoms with Gasteiger partial charge in [0.25, 0.3) is 0 Å². The molecule has 0 radical (unpaired) electrons. The van der Waals surface area contributed by atoms with Crippen LogP contribution in [0.15, 0.2) is 0 Å². The molecule has 1 aliphatic carbocycles. The summed E-state index contributed by atoms with van der Waals surface area (Å²) < 4.78 is 0. The van der Waals surface area contributed by atoms with Gasteiger partial charge in [-0.3, -0.25) is 4.79 Å². The summed E-state index contributed by atoms with van der Waals surface area (Å²) in [6.07, 6.45) is 0.682. The molecule has 0 aromatic heterocycles. The molecule has 0 spiro atoms. The van der Waals surface area contributed by atoms with Gasteiger partial charge in [0.15, 0.2) is 0 Å². The highest BCUT2D eigenvalue weighted by atomic mass is 16.3. The third-order valence-corrected chi connectivity index (χ3v) is 2.76. The highest BCUT2D eigenvalue weighted by molar-refractivity contribution is 5.78. The van der Waals surface area contributed by atoms with Gasteiger partial charge in [0.1, 0.15) is 5.78 Å². The number of ketones is 1. The van der Waals surface area contributed by atoms with Gasteiger partial charge in [-0.15, -0.1) is 0 Å². The Morgan fingerprint density at radius 2 is 2.09 bits per heavy atom. The number of hydrogen-bond donors (Lipinski definition) is 1. The number of aliphatic hydroxyl groups excluding tert-OH is 1. The van der Waals surface area contributed by atoms with E-state index in [0.717, 1.165) is 6.42 Å². The molecule has 0 heterocycles. The van der Waals surface area contributed by atoms with Crippen LogP contribution in [-0.2, 0) is 4.79 Å². The van der Waals surface area contributed by atoms with Crippen molar-refractivity contribution in [3.8, 4) is 0 Å². The maximum absolute atomic E-state index is 10.9. The Kier molecular flexibility index (Phi) is 2.33. The molecule has 0 aromatic rings. The Morgan fingerprint density at radius 3 is 2.36 bits per heavy atom. The Balaban J connectivity index is 2.41. The van der Waals surface area contributed by atoms with Gasteiger partial charge in [-0.05, 0) is 25.2 Å². The van der Waals surface area contributed by atoms with Crippen molar-refractivity contribution in [1.29, 1.82) is 0 Å². The molecule has 2 heteroatoms. The molecule has 2 nitrogen and oxygen atoms in total. The largest absolute Gasteiger partial charge is 0.392 e. The SMILES string of the molecule is CC(=O)C(C)C(O)C1CC1C. The van der Waals surface area contributed by atoms with Crippen LogP contribution in [0, 0.1) is 17.8 Å². The first-order chi connectivity index (χ1) is 5.04. The summed E-state index contributed by atoms with van der Waals surface area (Å²) in [6.45, 7) is 5.46. The third-order valence-electron chi connectivity index (χ3n) is 2.76. The maximum atomic E-state index is 10.9. The van der Waals surface area contributed by atoms with Crippen LogP contribution in [0.5, 0.6) is 0 Å². The van der Waals surface area contributed by atoms with Gasteiger partial charge in [0, 0.05) is 5.92 Å². The van der Waals surface area contributed by atoms with Gasteiger partial charge in [-0.25, -0.2) is 0 Å². The summed E-state index contributed by atoms with van der Waals surface area (Å²) in [5.74, 6) is 0.919. The average molecular weight is 156 g/mol. The number of hydrogen-bond acceptors (Lipinski definition) is 2. The molecule has 0 amide bonds. The highest BCUT2D eigenvalue weighted by Crippen LogP contribution is 2.42. The van der Waals surface area contributed by atoms with E-state index in [-0.39, 0.29) is 11.7 Å². The number of rotatable bonds is 3. The summed E-state index contributed by atoms with van der Waals surface area (Å²) in [5.41, 5.74) is 0. The lowest BCUT2D eigenvalue weighted by atomic mass is 9.96. The van der Waals surface area contributed by atoms with E-state index in [0.29, 0.717) is 11.8 Å². The first-order valence-corrected chi connectivity index (χ1v) is 4.22. The Hall–Kier alpha value is -0.370. The number of aliphatic hydroxyl groups is 1. The van der Waals surface area contributed by atoms with Crippen LogP contribution in [0.4, 0.5) is 0 Å². The second-order valence-electron chi connectivity index (χ2n) is 3.77. The average Bonchev–Trinajstić information content (AvgIpc) is 2.63. The molecule has 64 valence electrons. The minimum absolute atomic E-state index is 0.0941. The van der Waals surface area contributed by atoms with Gasteiger partial charge in [-0.1, -0.05) is 13.8 Å². The summed E-state index contributed by atoms with van der Waals surface area (Å²) in [7, 11) is 0. The van der Waals surface area contributed by atoms with E-state index in [4.69, 9.17) is 0 Å². The minimum Gasteiger partial charge on any atom is -0.392 e. The van der Waals surface area contributed by atoms with E-state index >= 15 is 0 Å². The normalized spacial score (nSPS) is 34.5. The second kappa shape index (κ2) is 2.94. The number of carbonyl (C=O) groups excluding carboxylic acids is 1. The Morgan fingerprint density at radius 1 is 1.64 bits per heavy atom. The Labute approximate surface area is 67.6 Å². The van der Waals surface area contributed by atoms with Gasteiger partial charge in [-0.2, -0.15) is 0 Å². The molecule has 1 rings (SSSR count). The van der Waals surface area contributed by atoms with Gasteiger partial charge in [0.2, 0.25) is 0 Å². The van der Waals surface area contributed by atoms with Crippen molar-refractivity contribution in [2.45, 2.75) is 33.3 Å². The fourth-order valence-corrected chi connectivity index (χ4v) is 1.44. The number of Topliss-reactive ketones (excluding diaryl/α,β-unsaturated/α-hetero) is 1. The smallest absolute Gasteiger partial charge is 0.135 e. The predicted molar refractivity (Wildman–Crippen MR) is 43.1 cm³/mol. The molecule has 1 fully saturated rings. The lowest BCUT2D eigenvalue weighted by Crippen LogP contribution is -2.26. The minimum atomic E-state index is -0.400. The fraction of sp³-hybridized carbons (Fsp3) is 0.889. The van der Waals surface area contributed by atoms with E-state index < -0.39 is 6.10 Å². The van der Waals surface area contributed by atoms with E-state index in [1.165, 1.54) is 0 Å². The quantitative estimate of drug-likeness (QED) is 0.667. The van der Waals surface area contributed by atoms with Gasteiger partial charge in [0.05, 0.1) is 6.10 Å². The summed E-state index contributed by atoms with van der Waals surface area (Å²) >= 11 is 0. The van der Waals surface area contributed by atoms with E-state index in [9.17, 15) is 9.90 Å². The van der Waals surface area contributed by atoms with Crippen LogP contribution >= 0.6 is 0 Å². The van der Waals surface area contributed by atoms with Crippen molar-refractivity contribution < 1.29 is 9.90 Å². The van der Waals surface area contributed by atoms with Crippen LogP contribution in [0.25, 0.3) is 0 Å². The zero-order valence-corrected chi connectivity index (χ0v) is 7.37. The summed E-state index contributed by atoms with van der Waals surface area (Å²) in [6, 6.07) is 0. The van der Waals surface area contributed by atoms with Crippen LogP contribution in [0.2, 0.25) is 0 Å². The summed E-state index contributed by atoms with van der Waals surface area (Å²) in [4.78, 5) is 10.9. The first-order valence-electron chi connectivity index (χ1n) is 4.22. The van der Waals surface area contributed by atoms with Crippen molar-refractivity contribution in [2.75, 3.05) is 0 Å². The molecule has 4 atom stereocenters. The van der Waals surface area contributed by atoms with Crippen LogP contribution in [0.3, 0.4) is 0 Å². The second-order valence-corrected chi connectivity index (χ2v) is 3.77. The van der Waals surface area contributed by atoms with Crippen molar-refractivity contribution in [3.05, 3.63) is 0 Å². The lowest BCUT2D eigenvalue weighted by Gasteiger charge is -2.15. The van der Waals surface area contributed by atoms with Crippen LogP contribution in [0.1, 0.15) is 27.2 Å². The molecule has 1 saturated carbocycles. The molecular formula is C9H16O2. The van der Waals surface area contributed by atoms with Crippen molar-refractivity contribution in [2.24, 2.45) is 17.8 Å². The third kappa shape index (κ3) is 1.80. The molecule has 1 N–H and O–H groups in total. The molecule has 4 unspecified atom stereocenters. The zero-order chi connectivity index (χ0) is 8.59. The van der Waals surface area contributed by atoms with E-state index in [2.05, 4.69) is 6.92 Å². The van der Waals surface area contributed by atoms with Crippen molar-refractivity contribution >= 4 is 5.78 Å². The van der Waals surface area contributed by atoms with Crippen molar-refractivity contribution in [3.63, 3.8) is 0 Å². The van der Waals surface area contributed by atoms with Crippen LogP contribution in [-0.4, -0.2) is 17.0 Å². The van der Waals surface area contributed by atoms with E-state index in [1.807, 2.05) is 0 Å². The summed E-state index contributed by atoms with van der Waals surface area (Å²) in [5, 5.41) is 9.58. The monoisotopic (exact) mass is 156 g/mol. The van der Waals surface area contributed by atoms with Gasteiger partial charge < -0.3 is 5.11 Å². The molecule has 0 aromatic carbocycles. The highest BCUT2D eigenvalue weighted by Gasteiger charge is 2.41. The maximum Gasteiger partial charge on any atom is 0.135 e. The Bertz CT molecular complexity index is 165. The zero-order valence-electron chi connectivity index (χ0n) is 7.37. The molecule has 1 aliphatic rings. The standard InChI is InChI=1S/C9H16O2/c1-5-4-8(5)9(11)6(2)7(3)10/h5-6,8-9,11H,4H2,1-3H3. The van der Waals surface area contributed by atoms with Gasteiger partial charge >= 0.3 is 0 Å². The molecule has 11 heavy (non-hydrogen) atoms. The molecule has 0 bridgehead atoms. The van der Waals surface area contributed by atoms with Crippen molar-refractivity contribution in [1.82, 2.24) is 0 Å². The molecule has 0 aliphatic heterocycles. The predicted octanol–water partition coefficient (Wildman–Crippen LogP) is 1.23. The van der Waals surface area contributed by atoms with Crippen LogP contribution < -0.4 is 0 Å². The van der Waals surface area contributed by atoms with E-state index in [1.54, 1.807) is 13.8 Å². The lowest BCUT2D eigenvalue weighted by molar-refractivity contribution is -0.123. The molecular weight excluding hydrogens is 140 g/mol. The fourth-order valence-electron chi connectivity index (χ4n) is 1.44. The number of carbonyl (C=O) groups is 1. The topological polar surface area (TPSA) is 37.3 Å².